The van der Waals surface area contributed by atoms with Crippen molar-refractivity contribution in [3.63, 3.8) is 0 Å². The molecule has 2 aromatic rings. The summed E-state index contributed by atoms with van der Waals surface area (Å²) in [4.78, 5) is 20.4. The van der Waals surface area contributed by atoms with Gasteiger partial charge in [0.2, 0.25) is 0 Å². The number of carboxylic acids is 2. The molecule has 0 bridgehead atoms. The lowest BCUT2D eigenvalue weighted by molar-refractivity contribution is 0.0686. The van der Waals surface area contributed by atoms with E-state index in [1.807, 2.05) is 0 Å². The fourth-order valence-electron chi connectivity index (χ4n) is 2.54. The summed E-state index contributed by atoms with van der Waals surface area (Å²) in [7, 11) is 1.78. The minimum Gasteiger partial charge on any atom is -0.478 e. The molecule has 30 heavy (non-hydrogen) atoms. The van der Waals surface area contributed by atoms with Crippen LogP contribution in [0.1, 0.15) is 79.0 Å². The lowest BCUT2D eigenvalue weighted by Crippen LogP contribution is -1.93. The zero-order valence-electron chi connectivity index (χ0n) is 18.3. The largest absolute Gasteiger partial charge is 0.478 e. The third-order valence-electron chi connectivity index (χ3n) is 4.24. The number of carbonyl (C=O) groups is 2. The summed E-state index contributed by atoms with van der Waals surface area (Å²) in [5.74, 6) is -1.76. The van der Waals surface area contributed by atoms with Crippen LogP contribution in [0.2, 0.25) is 0 Å². The molecule has 0 fully saturated rings. The van der Waals surface area contributed by atoms with Gasteiger partial charge in [0.1, 0.15) is 0 Å². The molecule has 2 aromatic carbocycles. The molecule has 0 amide bonds. The highest BCUT2D eigenvalue weighted by Gasteiger charge is 1.97. The van der Waals surface area contributed by atoms with Crippen LogP contribution in [0, 0.1) is 0 Å². The van der Waals surface area contributed by atoms with Crippen molar-refractivity contribution in [2.45, 2.75) is 58.3 Å². The van der Waals surface area contributed by atoms with Crippen molar-refractivity contribution in [3.8, 4) is 0 Å². The van der Waals surface area contributed by atoms with Crippen molar-refractivity contribution in [1.29, 1.82) is 0 Å². The molecule has 166 valence electrons. The minimum atomic E-state index is -0.879. The summed E-state index contributed by atoms with van der Waals surface area (Å²) < 4.78 is 4.99. The second kappa shape index (κ2) is 19.6. The van der Waals surface area contributed by atoms with Gasteiger partial charge in [0, 0.05) is 13.7 Å². The molecule has 5 heteroatoms. The first-order chi connectivity index (χ1) is 14.5. The lowest BCUT2D eigenvalue weighted by atomic mass is 10.1. The molecule has 2 rings (SSSR count). The number of aromatic carboxylic acids is 2. The van der Waals surface area contributed by atoms with Crippen LogP contribution in [0.15, 0.2) is 60.7 Å². The van der Waals surface area contributed by atoms with Gasteiger partial charge in [-0.2, -0.15) is 0 Å². The van der Waals surface area contributed by atoms with Crippen molar-refractivity contribution in [2.24, 2.45) is 0 Å². The van der Waals surface area contributed by atoms with Gasteiger partial charge in [0.05, 0.1) is 11.1 Å². The van der Waals surface area contributed by atoms with Crippen LogP contribution in [0.3, 0.4) is 0 Å². The van der Waals surface area contributed by atoms with Gasteiger partial charge in [0.25, 0.3) is 0 Å². The number of ether oxygens (including phenoxy) is 1. The first-order valence-electron chi connectivity index (χ1n) is 10.6. The second-order valence-corrected chi connectivity index (χ2v) is 6.81. The molecule has 0 aliphatic rings. The SMILES string of the molecule is CCCCCCCCCCOC.O=C(O)c1ccccc1.O=C(O)c1ccccc1. The average Bonchev–Trinajstić information content (AvgIpc) is 2.78. The van der Waals surface area contributed by atoms with Gasteiger partial charge >= 0.3 is 11.9 Å². The molecular weight excluding hydrogens is 380 g/mol. The lowest BCUT2D eigenvalue weighted by Gasteiger charge is -2.00. The van der Waals surface area contributed by atoms with Crippen LogP contribution < -0.4 is 0 Å². The minimum absolute atomic E-state index is 0.331. The Hall–Kier alpha value is -2.66. The molecule has 0 aromatic heterocycles. The predicted molar refractivity (Wildman–Crippen MR) is 121 cm³/mol. The van der Waals surface area contributed by atoms with E-state index < -0.39 is 11.9 Å². The van der Waals surface area contributed by atoms with Gasteiger partial charge in [-0.1, -0.05) is 88.3 Å². The second-order valence-electron chi connectivity index (χ2n) is 6.81. The number of hydrogen-bond donors (Lipinski definition) is 2. The standard InChI is InChI=1S/C11H24O.2C7H6O2/c1-3-4-5-6-7-8-9-10-11-12-2;2*8-7(9)6-4-2-1-3-5-6/h3-11H2,1-2H3;2*1-5H,(H,8,9). The monoisotopic (exact) mass is 416 g/mol. The van der Waals surface area contributed by atoms with Crippen LogP contribution in [0.5, 0.6) is 0 Å². The fraction of sp³-hybridized carbons (Fsp3) is 0.440. The molecule has 0 spiro atoms. The van der Waals surface area contributed by atoms with Crippen LogP contribution in [0.4, 0.5) is 0 Å². The Labute approximate surface area is 180 Å². The Morgan fingerprint density at radius 3 is 1.33 bits per heavy atom. The fourth-order valence-corrected chi connectivity index (χ4v) is 2.54. The van der Waals surface area contributed by atoms with Gasteiger partial charge in [-0.3, -0.25) is 0 Å². The van der Waals surface area contributed by atoms with Crippen molar-refractivity contribution in [1.82, 2.24) is 0 Å². The van der Waals surface area contributed by atoms with E-state index in [1.54, 1.807) is 67.8 Å². The molecule has 0 radical (unpaired) electrons. The van der Waals surface area contributed by atoms with Gasteiger partial charge in [-0.05, 0) is 30.7 Å². The predicted octanol–water partition coefficient (Wildman–Crippen LogP) is 6.54. The third kappa shape index (κ3) is 16.3. The molecule has 0 saturated carbocycles. The Balaban J connectivity index is 0.000000426. The third-order valence-corrected chi connectivity index (χ3v) is 4.24. The molecule has 0 aliphatic heterocycles. The van der Waals surface area contributed by atoms with Gasteiger partial charge in [-0.15, -0.1) is 0 Å². The summed E-state index contributed by atoms with van der Waals surface area (Å²) >= 11 is 0. The van der Waals surface area contributed by atoms with Crippen molar-refractivity contribution in [3.05, 3.63) is 71.8 Å². The van der Waals surface area contributed by atoms with E-state index in [0.29, 0.717) is 11.1 Å². The van der Waals surface area contributed by atoms with Gasteiger partial charge < -0.3 is 14.9 Å². The van der Waals surface area contributed by atoms with Crippen LogP contribution in [-0.2, 0) is 4.74 Å². The molecule has 0 saturated heterocycles. The molecule has 2 N–H and O–H groups in total. The summed E-state index contributed by atoms with van der Waals surface area (Å²) in [6.45, 7) is 3.20. The average molecular weight is 417 g/mol. The zero-order chi connectivity index (χ0) is 22.5. The van der Waals surface area contributed by atoms with Crippen LogP contribution >= 0.6 is 0 Å². The number of rotatable bonds is 11. The summed E-state index contributed by atoms with van der Waals surface area (Å²) in [6, 6.07) is 16.6. The van der Waals surface area contributed by atoms with Crippen molar-refractivity contribution in [2.75, 3.05) is 13.7 Å². The van der Waals surface area contributed by atoms with Gasteiger partial charge in [0.15, 0.2) is 0 Å². The highest BCUT2D eigenvalue weighted by molar-refractivity contribution is 5.87. The van der Waals surface area contributed by atoms with Crippen molar-refractivity contribution < 1.29 is 24.5 Å². The number of unbranched alkanes of at least 4 members (excludes halogenated alkanes) is 7. The summed E-state index contributed by atoms with van der Waals surface area (Å²) in [5.41, 5.74) is 0.662. The van der Waals surface area contributed by atoms with Crippen LogP contribution in [0.25, 0.3) is 0 Å². The highest BCUT2D eigenvalue weighted by atomic mass is 16.5. The first kappa shape index (κ1) is 27.3. The normalized spacial score (nSPS) is 9.53. The van der Waals surface area contributed by atoms with E-state index in [4.69, 9.17) is 14.9 Å². The summed E-state index contributed by atoms with van der Waals surface area (Å²) in [6.07, 6.45) is 11.0. The Morgan fingerprint density at radius 1 is 0.667 bits per heavy atom. The molecule has 5 nitrogen and oxygen atoms in total. The number of benzene rings is 2. The van der Waals surface area contributed by atoms with E-state index in [0.717, 1.165) is 6.61 Å². The van der Waals surface area contributed by atoms with Gasteiger partial charge in [-0.25, -0.2) is 9.59 Å². The maximum Gasteiger partial charge on any atom is 0.335 e. The van der Waals surface area contributed by atoms with E-state index in [1.165, 1.54) is 51.4 Å². The molecule has 0 aliphatic carbocycles. The van der Waals surface area contributed by atoms with E-state index in [9.17, 15) is 9.59 Å². The van der Waals surface area contributed by atoms with E-state index in [-0.39, 0.29) is 0 Å². The number of carboxylic acid groups (broad SMARTS) is 2. The Kier molecular flexibility index (Phi) is 17.9. The van der Waals surface area contributed by atoms with E-state index >= 15 is 0 Å². The Morgan fingerprint density at radius 2 is 1.03 bits per heavy atom. The zero-order valence-corrected chi connectivity index (χ0v) is 18.3. The number of hydrogen-bond acceptors (Lipinski definition) is 3. The molecule has 0 atom stereocenters. The maximum atomic E-state index is 10.2. The van der Waals surface area contributed by atoms with E-state index in [2.05, 4.69) is 6.92 Å². The highest BCUT2D eigenvalue weighted by Crippen LogP contribution is 2.08. The molecule has 0 unspecified atom stereocenters. The number of methoxy groups -OCH3 is 1. The maximum absolute atomic E-state index is 10.2. The molecular formula is C25H36O5. The van der Waals surface area contributed by atoms with Crippen molar-refractivity contribution >= 4 is 11.9 Å². The molecule has 0 heterocycles. The topological polar surface area (TPSA) is 83.8 Å². The quantitative estimate of drug-likeness (QED) is 0.406. The summed E-state index contributed by atoms with van der Waals surface area (Å²) in [5, 5.41) is 16.8. The smallest absolute Gasteiger partial charge is 0.335 e. The van der Waals surface area contributed by atoms with Crippen LogP contribution in [-0.4, -0.2) is 35.9 Å². The first-order valence-corrected chi connectivity index (χ1v) is 10.6. The Bertz CT molecular complexity index is 596.